The summed E-state index contributed by atoms with van der Waals surface area (Å²) < 4.78 is 32.4. The van der Waals surface area contributed by atoms with Crippen molar-refractivity contribution in [2.24, 2.45) is 0 Å². The van der Waals surface area contributed by atoms with E-state index in [1.807, 2.05) is 0 Å². The molecule has 0 spiro atoms. The van der Waals surface area contributed by atoms with Crippen LogP contribution in [0.1, 0.15) is 32.1 Å². The molecule has 0 unspecified atom stereocenters. The SMILES string of the molecule is COc1nccnc1NS(=O)(=O)c1ccc(NC(=O)NC2CCCCC2)cc1. The number of urea groups is 1. The number of anilines is 2. The quantitative estimate of drug-likeness (QED) is 0.679. The maximum Gasteiger partial charge on any atom is 0.319 e. The van der Waals surface area contributed by atoms with Gasteiger partial charge in [0.25, 0.3) is 15.9 Å². The highest BCUT2D eigenvalue weighted by atomic mass is 32.2. The van der Waals surface area contributed by atoms with E-state index in [9.17, 15) is 13.2 Å². The van der Waals surface area contributed by atoms with Crippen LogP contribution < -0.4 is 20.1 Å². The Hall–Kier alpha value is -2.88. The van der Waals surface area contributed by atoms with Crippen molar-refractivity contribution in [3.8, 4) is 5.88 Å². The number of nitrogens with one attached hydrogen (secondary N) is 3. The van der Waals surface area contributed by atoms with Crippen LogP contribution in [0.25, 0.3) is 0 Å². The van der Waals surface area contributed by atoms with Gasteiger partial charge in [-0.05, 0) is 37.1 Å². The Morgan fingerprint density at radius 3 is 2.43 bits per heavy atom. The van der Waals surface area contributed by atoms with Gasteiger partial charge in [-0.25, -0.2) is 23.2 Å². The molecule has 1 fully saturated rings. The van der Waals surface area contributed by atoms with Gasteiger partial charge in [0.1, 0.15) is 0 Å². The van der Waals surface area contributed by atoms with E-state index >= 15 is 0 Å². The molecule has 0 bridgehead atoms. The van der Waals surface area contributed by atoms with Crippen LogP contribution in [0.15, 0.2) is 41.6 Å². The third-order valence-corrected chi connectivity index (χ3v) is 5.81. The Morgan fingerprint density at radius 2 is 1.75 bits per heavy atom. The molecule has 1 aromatic carbocycles. The van der Waals surface area contributed by atoms with Crippen molar-refractivity contribution in [1.29, 1.82) is 0 Å². The molecule has 10 heteroatoms. The van der Waals surface area contributed by atoms with Gasteiger partial charge in [-0.2, -0.15) is 0 Å². The van der Waals surface area contributed by atoms with Crippen molar-refractivity contribution < 1.29 is 17.9 Å². The zero-order chi connectivity index (χ0) is 20.0. The highest BCUT2D eigenvalue weighted by Gasteiger charge is 2.19. The first-order chi connectivity index (χ1) is 13.5. The van der Waals surface area contributed by atoms with Crippen molar-refractivity contribution >= 4 is 27.6 Å². The minimum absolute atomic E-state index is 0.000869. The van der Waals surface area contributed by atoms with E-state index in [4.69, 9.17) is 4.74 Å². The van der Waals surface area contributed by atoms with Crippen molar-refractivity contribution in [3.05, 3.63) is 36.7 Å². The van der Waals surface area contributed by atoms with Gasteiger partial charge in [0.2, 0.25) is 5.82 Å². The second-order valence-electron chi connectivity index (χ2n) is 6.48. The maximum atomic E-state index is 12.5. The molecular formula is C18H23N5O4S. The number of carbonyl (C=O) groups is 1. The summed E-state index contributed by atoms with van der Waals surface area (Å²) in [6, 6.07) is 5.78. The molecule has 1 aromatic heterocycles. The number of carbonyl (C=O) groups excluding carboxylic acids is 1. The largest absolute Gasteiger partial charge is 0.478 e. The molecule has 3 rings (SSSR count). The zero-order valence-electron chi connectivity index (χ0n) is 15.5. The number of hydrogen-bond donors (Lipinski definition) is 3. The Bertz CT molecular complexity index is 912. The van der Waals surface area contributed by atoms with Gasteiger partial charge in [0.15, 0.2) is 0 Å². The van der Waals surface area contributed by atoms with Crippen molar-refractivity contribution in [3.63, 3.8) is 0 Å². The number of hydrogen-bond acceptors (Lipinski definition) is 6. The van der Waals surface area contributed by atoms with Gasteiger partial charge < -0.3 is 15.4 Å². The lowest BCUT2D eigenvalue weighted by molar-refractivity contribution is 0.244. The van der Waals surface area contributed by atoms with E-state index < -0.39 is 10.0 Å². The Kier molecular flexibility index (Phi) is 6.30. The molecule has 0 saturated heterocycles. The van der Waals surface area contributed by atoms with Crippen LogP contribution in [0.4, 0.5) is 16.3 Å². The number of rotatable bonds is 6. The summed E-state index contributed by atoms with van der Waals surface area (Å²) in [7, 11) is -2.50. The van der Waals surface area contributed by atoms with E-state index in [0.29, 0.717) is 5.69 Å². The van der Waals surface area contributed by atoms with Gasteiger partial charge in [-0.15, -0.1) is 0 Å². The second kappa shape index (κ2) is 8.87. The Balaban J connectivity index is 1.63. The number of nitrogens with zero attached hydrogens (tertiary/aromatic N) is 2. The zero-order valence-corrected chi connectivity index (χ0v) is 16.3. The highest BCUT2D eigenvalue weighted by Crippen LogP contribution is 2.22. The average Bonchev–Trinajstić information content (AvgIpc) is 2.69. The van der Waals surface area contributed by atoms with Crippen LogP contribution in [-0.4, -0.2) is 37.6 Å². The van der Waals surface area contributed by atoms with Crippen LogP contribution >= 0.6 is 0 Å². The van der Waals surface area contributed by atoms with Crippen LogP contribution in [0, 0.1) is 0 Å². The fraction of sp³-hybridized carbons (Fsp3) is 0.389. The number of amides is 2. The van der Waals surface area contributed by atoms with Gasteiger partial charge in [0.05, 0.1) is 12.0 Å². The number of sulfonamides is 1. The minimum atomic E-state index is -3.87. The summed E-state index contributed by atoms with van der Waals surface area (Å²) in [6.07, 6.45) is 8.20. The molecular weight excluding hydrogens is 382 g/mol. The molecule has 0 aliphatic heterocycles. The van der Waals surface area contributed by atoms with Gasteiger partial charge >= 0.3 is 6.03 Å². The maximum absolute atomic E-state index is 12.5. The third kappa shape index (κ3) is 5.10. The average molecular weight is 405 g/mol. The Labute approximate surface area is 164 Å². The number of ether oxygens (including phenoxy) is 1. The molecule has 2 amide bonds. The molecule has 9 nitrogen and oxygen atoms in total. The summed E-state index contributed by atoms with van der Waals surface area (Å²) in [5.74, 6) is 0.0720. The molecule has 0 radical (unpaired) electrons. The molecule has 28 heavy (non-hydrogen) atoms. The first kappa shape index (κ1) is 19.9. The molecule has 0 atom stereocenters. The standard InChI is InChI=1S/C18H23N5O4S/c1-27-17-16(19-11-12-20-17)23-28(25,26)15-9-7-14(8-10-15)22-18(24)21-13-5-3-2-4-6-13/h7-13H,2-6H2,1H3,(H,19,23)(H2,21,22,24). The van der Waals surface area contributed by atoms with E-state index in [1.165, 1.54) is 50.2 Å². The summed E-state index contributed by atoms with van der Waals surface area (Å²) in [4.78, 5) is 20.0. The fourth-order valence-electron chi connectivity index (χ4n) is 3.05. The van der Waals surface area contributed by atoms with Crippen LogP contribution in [-0.2, 0) is 10.0 Å². The minimum Gasteiger partial charge on any atom is -0.478 e. The van der Waals surface area contributed by atoms with Crippen LogP contribution in [0.5, 0.6) is 5.88 Å². The molecule has 1 aliphatic carbocycles. The fourth-order valence-corrected chi connectivity index (χ4v) is 4.05. The molecule has 1 heterocycles. The van der Waals surface area contributed by atoms with Crippen molar-refractivity contribution in [2.45, 2.75) is 43.0 Å². The number of methoxy groups -OCH3 is 1. The lowest BCUT2D eigenvalue weighted by atomic mass is 9.96. The lowest BCUT2D eigenvalue weighted by Gasteiger charge is -2.22. The summed E-state index contributed by atoms with van der Waals surface area (Å²) >= 11 is 0. The first-order valence-electron chi connectivity index (χ1n) is 9.03. The topological polar surface area (TPSA) is 122 Å². The lowest BCUT2D eigenvalue weighted by Crippen LogP contribution is -2.39. The van der Waals surface area contributed by atoms with Crippen molar-refractivity contribution in [2.75, 3.05) is 17.1 Å². The monoisotopic (exact) mass is 405 g/mol. The second-order valence-corrected chi connectivity index (χ2v) is 8.16. The van der Waals surface area contributed by atoms with E-state index in [1.54, 1.807) is 0 Å². The molecule has 1 saturated carbocycles. The third-order valence-electron chi connectivity index (χ3n) is 4.45. The van der Waals surface area contributed by atoms with Crippen LogP contribution in [0.2, 0.25) is 0 Å². The molecule has 1 aliphatic rings. The smallest absolute Gasteiger partial charge is 0.319 e. The summed E-state index contributed by atoms with van der Waals surface area (Å²) in [6.45, 7) is 0. The van der Waals surface area contributed by atoms with Gasteiger partial charge in [-0.3, -0.25) is 4.72 Å². The Morgan fingerprint density at radius 1 is 1.07 bits per heavy atom. The highest BCUT2D eigenvalue weighted by molar-refractivity contribution is 7.92. The van der Waals surface area contributed by atoms with E-state index in [0.717, 1.165) is 25.7 Å². The van der Waals surface area contributed by atoms with E-state index in [2.05, 4.69) is 25.3 Å². The summed E-state index contributed by atoms with van der Waals surface area (Å²) in [5.41, 5.74) is 0.504. The first-order valence-corrected chi connectivity index (χ1v) is 10.5. The van der Waals surface area contributed by atoms with Crippen LogP contribution in [0.3, 0.4) is 0 Å². The predicted octanol–water partition coefficient (Wildman–Crippen LogP) is 2.74. The predicted molar refractivity (Wildman–Crippen MR) is 105 cm³/mol. The summed E-state index contributed by atoms with van der Waals surface area (Å²) in [5, 5.41) is 5.68. The van der Waals surface area contributed by atoms with E-state index in [-0.39, 0.29) is 28.7 Å². The normalized spacial score (nSPS) is 14.9. The molecule has 3 N–H and O–H groups in total. The molecule has 2 aromatic rings. The van der Waals surface area contributed by atoms with Gasteiger partial charge in [0, 0.05) is 24.1 Å². The van der Waals surface area contributed by atoms with Crippen molar-refractivity contribution in [1.82, 2.24) is 15.3 Å². The number of aromatic nitrogens is 2. The number of benzene rings is 1. The van der Waals surface area contributed by atoms with Gasteiger partial charge in [-0.1, -0.05) is 19.3 Å². The molecule has 150 valence electrons.